The lowest BCUT2D eigenvalue weighted by Crippen LogP contribution is -2.22. The van der Waals surface area contributed by atoms with Crippen molar-refractivity contribution < 1.29 is 9.26 Å². The molecule has 6 heteroatoms. The minimum atomic E-state index is 0.231. The Bertz CT molecular complexity index is 528. The van der Waals surface area contributed by atoms with Crippen LogP contribution in [-0.2, 0) is 13.2 Å². The van der Waals surface area contributed by atoms with E-state index in [0.717, 1.165) is 0 Å². The van der Waals surface area contributed by atoms with Crippen molar-refractivity contribution >= 4 is 11.6 Å². The van der Waals surface area contributed by atoms with E-state index in [2.05, 4.69) is 29.3 Å². The van der Waals surface area contributed by atoms with Crippen molar-refractivity contribution in [3.63, 3.8) is 0 Å². The second-order valence-electron chi connectivity index (χ2n) is 4.39. The topological polar surface area (TPSA) is 60.2 Å². The van der Waals surface area contributed by atoms with E-state index in [9.17, 15) is 0 Å². The quantitative estimate of drug-likeness (QED) is 0.882. The van der Waals surface area contributed by atoms with Crippen LogP contribution in [0.25, 0.3) is 0 Å². The molecule has 2 aromatic rings. The van der Waals surface area contributed by atoms with Crippen LogP contribution in [0, 0.1) is 0 Å². The van der Waals surface area contributed by atoms with Gasteiger partial charge in [0.25, 0.3) is 5.89 Å². The van der Waals surface area contributed by atoms with E-state index >= 15 is 0 Å². The van der Waals surface area contributed by atoms with Crippen molar-refractivity contribution in [3.05, 3.63) is 41.0 Å². The van der Waals surface area contributed by atoms with Crippen molar-refractivity contribution in [1.29, 1.82) is 0 Å². The summed E-state index contributed by atoms with van der Waals surface area (Å²) in [5.74, 6) is 1.74. The lowest BCUT2D eigenvalue weighted by Gasteiger charge is -2.03. The van der Waals surface area contributed by atoms with E-state index in [4.69, 9.17) is 20.9 Å². The summed E-state index contributed by atoms with van der Waals surface area (Å²) in [5.41, 5.74) is 0. The van der Waals surface area contributed by atoms with Gasteiger partial charge in [-0.05, 0) is 18.2 Å². The monoisotopic (exact) mass is 281 g/mol. The summed E-state index contributed by atoms with van der Waals surface area (Å²) in [6.45, 7) is 4.93. The molecule has 0 amide bonds. The second-order valence-corrected chi connectivity index (χ2v) is 4.82. The molecule has 0 aliphatic heterocycles. The number of nitrogens with zero attached hydrogens (tertiary/aromatic N) is 2. The van der Waals surface area contributed by atoms with Crippen LogP contribution in [0.3, 0.4) is 0 Å². The van der Waals surface area contributed by atoms with Crippen molar-refractivity contribution in [2.75, 3.05) is 0 Å². The lowest BCUT2D eigenvalue weighted by atomic mass is 10.3. The summed E-state index contributed by atoms with van der Waals surface area (Å²) in [4.78, 5) is 4.22. The molecule has 0 spiro atoms. The van der Waals surface area contributed by atoms with Crippen molar-refractivity contribution in [2.24, 2.45) is 0 Å². The normalized spacial score (nSPS) is 10.9. The molecule has 1 heterocycles. The van der Waals surface area contributed by atoms with E-state index in [-0.39, 0.29) is 6.61 Å². The van der Waals surface area contributed by atoms with Gasteiger partial charge in [-0.15, -0.1) is 0 Å². The number of nitrogens with one attached hydrogen (secondary N) is 1. The molecular weight excluding hydrogens is 266 g/mol. The Labute approximate surface area is 116 Å². The number of hydrogen-bond acceptors (Lipinski definition) is 5. The van der Waals surface area contributed by atoms with Crippen LogP contribution in [0.4, 0.5) is 0 Å². The predicted molar refractivity (Wildman–Crippen MR) is 72.1 cm³/mol. The molecule has 0 radical (unpaired) electrons. The van der Waals surface area contributed by atoms with Crippen LogP contribution < -0.4 is 10.1 Å². The Balaban J connectivity index is 1.86. The second kappa shape index (κ2) is 6.54. The van der Waals surface area contributed by atoms with Crippen LogP contribution >= 0.6 is 11.6 Å². The van der Waals surface area contributed by atoms with E-state index in [0.29, 0.717) is 35.1 Å². The van der Waals surface area contributed by atoms with Gasteiger partial charge < -0.3 is 14.6 Å². The standard InChI is InChI=1S/C13H16ClN3O2/c1-9(2)15-7-12-16-13(19-17-12)8-18-11-5-3-4-10(14)6-11/h3-6,9,15H,7-8H2,1-2H3. The highest BCUT2D eigenvalue weighted by Gasteiger charge is 2.07. The van der Waals surface area contributed by atoms with Gasteiger partial charge in [0.1, 0.15) is 5.75 Å². The molecule has 0 unspecified atom stereocenters. The average Bonchev–Trinajstić information content (AvgIpc) is 2.82. The number of benzene rings is 1. The zero-order valence-electron chi connectivity index (χ0n) is 10.9. The van der Waals surface area contributed by atoms with E-state index in [1.807, 2.05) is 12.1 Å². The van der Waals surface area contributed by atoms with Gasteiger partial charge >= 0.3 is 0 Å². The summed E-state index contributed by atoms with van der Waals surface area (Å²) >= 11 is 5.86. The van der Waals surface area contributed by atoms with Crippen LogP contribution in [0.2, 0.25) is 5.02 Å². The first kappa shape index (κ1) is 13.8. The molecule has 0 aliphatic rings. The van der Waals surface area contributed by atoms with Crippen molar-refractivity contribution in [2.45, 2.75) is 33.0 Å². The number of rotatable bonds is 6. The maximum absolute atomic E-state index is 5.86. The fraction of sp³-hybridized carbons (Fsp3) is 0.385. The molecular formula is C13H16ClN3O2. The maximum atomic E-state index is 5.86. The van der Waals surface area contributed by atoms with Crippen LogP contribution in [0.1, 0.15) is 25.6 Å². The van der Waals surface area contributed by atoms with E-state index in [1.165, 1.54) is 0 Å². The third-order valence-electron chi connectivity index (χ3n) is 2.34. The maximum Gasteiger partial charge on any atom is 0.264 e. The first-order chi connectivity index (χ1) is 9.13. The molecule has 2 rings (SSSR count). The molecule has 0 bridgehead atoms. The minimum absolute atomic E-state index is 0.231. The van der Waals surface area contributed by atoms with Gasteiger partial charge in [-0.3, -0.25) is 0 Å². The Morgan fingerprint density at radius 3 is 3.00 bits per heavy atom. The van der Waals surface area contributed by atoms with Gasteiger partial charge in [0, 0.05) is 11.1 Å². The molecule has 1 aromatic heterocycles. The Kier molecular flexibility index (Phi) is 4.76. The van der Waals surface area contributed by atoms with Gasteiger partial charge in [-0.2, -0.15) is 4.98 Å². The molecule has 0 saturated carbocycles. The molecule has 1 aromatic carbocycles. The summed E-state index contributed by atoms with van der Waals surface area (Å²) in [6.07, 6.45) is 0. The zero-order valence-corrected chi connectivity index (χ0v) is 11.6. The summed E-state index contributed by atoms with van der Waals surface area (Å²) in [5, 5.41) is 7.71. The van der Waals surface area contributed by atoms with Gasteiger partial charge in [0.05, 0.1) is 6.54 Å². The van der Waals surface area contributed by atoms with E-state index in [1.54, 1.807) is 12.1 Å². The number of ether oxygens (including phenoxy) is 1. The van der Waals surface area contributed by atoms with Gasteiger partial charge in [-0.1, -0.05) is 36.7 Å². The molecule has 0 aliphatic carbocycles. The Morgan fingerprint density at radius 2 is 2.26 bits per heavy atom. The summed E-state index contributed by atoms with van der Waals surface area (Å²) in [6, 6.07) is 7.55. The molecule has 102 valence electrons. The minimum Gasteiger partial charge on any atom is -0.484 e. The van der Waals surface area contributed by atoms with Gasteiger partial charge in [0.15, 0.2) is 12.4 Å². The fourth-order valence-electron chi connectivity index (χ4n) is 1.42. The number of aromatic nitrogens is 2. The average molecular weight is 282 g/mol. The lowest BCUT2D eigenvalue weighted by molar-refractivity contribution is 0.242. The Morgan fingerprint density at radius 1 is 1.42 bits per heavy atom. The molecule has 5 nitrogen and oxygen atoms in total. The van der Waals surface area contributed by atoms with Crippen molar-refractivity contribution in [3.8, 4) is 5.75 Å². The highest BCUT2D eigenvalue weighted by Crippen LogP contribution is 2.18. The highest BCUT2D eigenvalue weighted by molar-refractivity contribution is 6.30. The smallest absolute Gasteiger partial charge is 0.264 e. The highest BCUT2D eigenvalue weighted by atomic mass is 35.5. The first-order valence-corrected chi connectivity index (χ1v) is 6.44. The summed E-state index contributed by atoms with van der Waals surface area (Å²) in [7, 11) is 0. The van der Waals surface area contributed by atoms with Gasteiger partial charge in [0.2, 0.25) is 0 Å². The SMILES string of the molecule is CC(C)NCc1noc(COc2cccc(Cl)c2)n1. The third kappa shape index (κ3) is 4.54. The first-order valence-electron chi connectivity index (χ1n) is 6.06. The number of halogens is 1. The van der Waals surface area contributed by atoms with Gasteiger partial charge in [-0.25, -0.2) is 0 Å². The predicted octanol–water partition coefficient (Wildman–Crippen LogP) is 2.80. The van der Waals surface area contributed by atoms with Crippen LogP contribution in [0.5, 0.6) is 5.75 Å². The van der Waals surface area contributed by atoms with Crippen molar-refractivity contribution in [1.82, 2.24) is 15.5 Å². The molecule has 0 fully saturated rings. The summed E-state index contributed by atoms with van der Waals surface area (Å²) < 4.78 is 10.6. The zero-order chi connectivity index (χ0) is 13.7. The fourth-order valence-corrected chi connectivity index (χ4v) is 1.60. The largest absolute Gasteiger partial charge is 0.484 e. The Hall–Kier alpha value is -1.59. The molecule has 1 N–H and O–H groups in total. The molecule has 0 atom stereocenters. The number of hydrogen-bond donors (Lipinski definition) is 1. The molecule has 19 heavy (non-hydrogen) atoms. The molecule has 0 saturated heterocycles. The van der Waals surface area contributed by atoms with Crippen LogP contribution in [0.15, 0.2) is 28.8 Å². The third-order valence-corrected chi connectivity index (χ3v) is 2.57. The van der Waals surface area contributed by atoms with E-state index < -0.39 is 0 Å². The van der Waals surface area contributed by atoms with Crippen LogP contribution in [-0.4, -0.2) is 16.2 Å².